The first-order chi connectivity index (χ1) is 19.6. The summed E-state index contributed by atoms with van der Waals surface area (Å²) in [7, 11) is 0. The molecule has 1 aliphatic rings. The number of para-hydroxylation sites is 2. The summed E-state index contributed by atoms with van der Waals surface area (Å²) < 4.78 is 2.19. The van der Waals surface area contributed by atoms with Crippen LogP contribution < -0.4 is 11.1 Å². The number of primary amides is 1. The molecule has 1 saturated carbocycles. The fraction of sp³-hybridized carbons (Fsp3) is 0.182. The predicted octanol–water partition coefficient (Wildman–Crippen LogP) is 6.21. The largest absolute Gasteiger partial charge is 0.393 e. The van der Waals surface area contributed by atoms with E-state index in [2.05, 4.69) is 63.4 Å². The SMILES string of the molecule is NC(=O)c1ncc(-n2c3ccccc3c3c(-c4cnc5ccccc5c4)cccc32)cc1N[C@H]1CC[C@H](O)CC1. The van der Waals surface area contributed by atoms with Gasteiger partial charge in [0, 0.05) is 34.0 Å². The van der Waals surface area contributed by atoms with Gasteiger partial charge in [-0.15, -0.1) is 0 Å². The molecule has 7 heteroatoms. The quantitative estimate of drug-likeness (QED) is 0.247. The van der Waals surface area contributed by atoms with Crippen molar-refractivity contribution in [3.05, 3.63) is 97.0 Å². The summed E-state index contributed by atoms with van der Waals surface area (Å²) in [4.78, 5) is 21.5. The molecule has 0 unspecified atom stereocenters. The number of aliphatic hydroxyl groups excluding tert-OH is 1. The number of aliphatic hydroxyl groups is 1. The van der Waals surface area contributed by atoms with E-state index >= 15 is 0 Å². The summed E-state index contributed by atoms with van der Waals surface area (Å²) >= 11 is 0. The van der Waals surface area contributed by atoms with Crippen molar-refractivity contribution in [3.63, 3.8) is 0 Å². The maximum absolute atomic E-state index is 12.3. The van der Waals surface area contributed by atoms with E-state index in [1.165, 1.54) is 0 Å². The van der Waals surface area contributed by atoms with Crippen LogP contribution in [0.25, 0.3) is 49.5 Å². The number of nitrogens with zero attached hydrogens (tertiary/aromatic N) is 3. The number of benzene rings is 3. The third kappa shape index (κ3) is 4.15. The molecular weight excluding hydrogens is 498 g/mol. The Morgan fingerprint density at radius 2 is 1.65 bits per heavy atom. The van der Waals surface area contributed by atoms with Crippen LogP contribution in [-0.2, 0) is 0 Å². The zero-order valence-corrected chi connectivity index (χ0v) is 21.9. The molecule has 0 aliphatic heterocycles. The first kappa shape index (κ1) is 24.3. The minimum absolute atomic E-state index is 0.142. The Labute approximate surface area is 231 Å². The number of fused-ring (bicyclic) bond motifs is 4. The lowest BCUT2D eigenvalue weighted by molar-refractivity contribution is 0.0995. The molecule has 7 nitrogen and oxygen atoms in total. The van der Waals surface area contributed by atoms with Crippen molar-refractivity contribution in [2.45, 2.75) is 37.8 Å². The molecule has 0 radical (unpaired) electrons. The van der Waals surface area contributed by atoms with Crippen LogP contribution in [0.4, 0.5) is 5.69 Å². The highest BCUT2D eigenvalue weighted by Crippen LogP contribution is 2.39. The molecule has 1 aliphatic carbocycles. The molecule has 198 valence electrons. The Kier molecular flexibility index (Phi) is 5.94. The van der Waals surface area contributed by atoms with Crippen LogP contribution in [0.3, 0.4) is 0 Å². The summed E-state index contributed by atoms with van der Waals surface area (Å²) in [5, 5.41) is 16.8. The average Bonchev–Trinajstić information content (AvgIpc) is 3.32. The fourth-order valence-electron chi connectivity index (χ4n) is 6.08. The number of nitrogens with two attached hydrogens (primary N) is 1. The molecule has 1 fully saturated rings. The molecule has 0 spiro atoms. The van der Waals surface area contributed by atoms with E-state index < -0.39 is 5.91 Å². The number of carbonyl (C=O) groups excluding carboxylic acids is 1. The standard InChI is InChI=1S/C33H29N5O2/c34-33(40)32-28(37-22-12-14-24(39)15-13-22)17-23(19-36-32)38-29-10-4-2-7-26(29)31-25(8-5-11-30(31)38)21-16-20-6-1-3-9-27(20)35-18-21/h1-11,16-19,22,24,37,39H,12-15H2,(H2,34,40)/t22-,24-. The molecule has 40 heavy (non-hydrogen) atoms. The van der Waals surface area contributed by atoms with Gasteiger partial charge in [-0.25, -0.2) is 4.98 Å². The first-order valence-electron chi connectivity index (χ1n) is 13.7. The highest BCUT2D eigenvalue weighted by molar-refractivity contribution is 6.16. The lowest BCUT2D eigenvalue weighted by Crippen LogP contribution is -2.29. The van der Waals surface area contributed by atoms with E-state index in [4.69, 9.17) is 10.7 Å². The molecule has 0 atom stereocenters. The van der Waals surface area contributed by atoms with Crippen LogP contribution in [0.1, 0.15) is 36.2 Å². The number of anilines is 1. The Balaban J connectivity index is 1.41. The van der Waals surface area contributed by atoms with Crippen molar-refractivity contribution in [3.8, 4) is 16.8 Å². The topological polar surface area (TPSA) is 106 Å². The van der Waals surface area contributed by atoms with E-state index in [1.807, 2.05) is 36.5 Å². The maximum atomic E-state index is 12.3. The number of carbonyl (C=O) groups is 1. The molecule has 1 amide bonds. The van der Waals surface area contributed by atoms with Crippen LogP contribution >= 0.6 is 0 Å². The van der Waals surface area contributed by atoms with Crippen LogP contribution in [0.5, 0.6) is 0 Å². The van der Waals surface area contributed by atoms with Crippen LogP contribution in [0, 0.1) is 0 Å². The fourth-order valence-corrected chi connectivity index (χ4v) is 6.08. The zero-order chi connectivity index (χ0) is 27.2. The number of amides is 1. The summed E-state index contributed by atoms with van der Waals surface area (Å²) in [6.07, 6.45) is 6.50. The summed E-state index contributed by atoms with van der Waals surface area (Å²) in [6, 6.07) is 27.1. The Morgan fingerprint density at radius 3 is 2.50 bits per heavy atom. The smallest absolute Gasteiger partial charge is 0.269 e. The molecule has 7 rings (SSSR count). The van der Waals surface area contributed by atoms with Gasteiger partial charge >= 0.3 is 0 Å². The third-order valence-electron chi connectivity index (χ3n) is 8.02. The van der Waals surface area contributed by atoms with Gasteiger partial charge < -0.3 is 20.7 Å². The lowest BCUT2D eigenvalue weighted by Gasteiger charge is -2.27. The van der Waals surface area contributed by atoms with E-state index in [0.29, 0.717) is 5.69 Å². The summed E-state index contributed by atoms with van der Waals surface area (Å²) in [6.45, 7) is 0. The molecular formula is C33H29N5O2. The number of nitrogens with one attached hydrogen (secondary N) is 1. The second-order valence-corrected chi connectivity index (χ2v) is 10.6. The minimum Gasteiger partial charge on any atom is -0.393 e. The summed E-state index contributed by atoms with van der Waals surface area (Å²) in [5.41, 5.74) is 12.6. The lowest BCUT2D eigenvalue weighted by atomic mass is 9.93. The van der Waals surface area contributed by atoms with Crippen molar-refractivity contribution in [2.24, 2.45) is 5.73 Å². The van der Waals surface area contributed by atoms with Crippen molar-refractivity contribution in [1.29, 1.82) is 0 Å². The van der Waals surface area contributed by atoms with Crippen LogP contribution in [0.15, 0.2) is 91.3 Å². The van der Waals surface area contributed by atoms with Crippen LogP contribution in [0.2, 0.25) is 0 Å². The van der Waals surface area contributed by atoms with Crippen molar-refractivity contribution >= 4 is 44.3 Å². The van der Waals surface area contributed by atoms with Crippen molar-refractivity contribution in [1.82, 2.24) is 14.5 Å². The molecule has 3 heterocycles. The van der Waals surface area contributed by atoms with Crippen molar-refractivity contribution < 1.29 is 9.90 Å². The Morgan fingerprint density at radius 1 is 0.875 bits per heavy atom. The first-order valence-corrected chi connectivity index (χ1v) is 13.7. The number of pyridine rings is 2. The molecule has 3 aromatic carbocycles. The predicted molar refractivity (Wildman–Crippen MR) is 160 cm³/mol. The third-order valence-corrected chi connectivity index (χ3v) is 8.02. The van der Waals surface area contributed by atoms with E-state index in [9.17, 15) is 9.90 Å². The van der Waals surface area contributed by atoms with Gasteiger partial charge in [-0.3, -0.25) is 9.78 Å². The molecule has 6 aromatic rings. The van der Waals surface area contributed by atoms with Gasteiger partial charge in [-0.2, -0.15) is 0 Å². The highest BCUT2D eigenvalue weighted by Gasteiger charge is 2.23. The van der Waals surface area contributed by atoms with E-state index in [1.54, 1.807) is 6.20 Å². The average molecular weight is 528 g/mol. The van der Waals surface area contributed by atoms with Gasteiger partial charge in [0.05, 0.1) is 40.2 Å². The molecule has 0 bridgehead atoms. The highest BCUT2D eigenvalue weighted by atomic mass is 16.3. The summed E-state index contributed by atoms with van der Waals surface area (Å²) in [5.74, 6) is -0.571. The number of hydrogen-bond acceptors (Lipinski definition) is 5. The van der Waals surface area contributed by atoms with Gasteiger partial charge in [-0.1, -0.05) is 48.5 Å². The zero-order valence-electron chi connectivity index (χ0n) is 21.9. The Hall–Kier alpha value is -4.75. The maximum Gasteiger partial charge on any atom is 0.269 e. The molecule has 4 N–H and O–H groups in total. The van der Waals surface area contributed by atoms with Gasteiger partial charge in [-0.05, 0) is 61.6 Å². The second-order valence-electron chi connectivity index (χ2n) is 10.6. The molecule has 0 saturated heterocycles. The minimum atomic E-state index is -0.571. The van der Waals surface area contributed by atoms with Gasteiger partial charge in [0.25, 0.3) is 5.91 Å². The van der Waals surface area contributed by atoms with E-state index in [-0.39, 0.29) is 17.8 Å². The monoisotopic (exact) mass is 527 g/mol. The van der Waals surface area contributed by atoms with Gasteiger partial charge in [0.1, 0.15) is 0 Å². The normalized spacial score (nSPS) is 17.4. The van der Waals surface area contributed by atoms with Gasteiger partial charge in [0.2, 0.25) is 0 Å². The Bertz CT molecular complexity index is 1900. The second kappa shape index (κ2) is 9.77. The van der Waals surface area contributed by atoms with E-state index in [0.717, 1.165) is 75.2 Å². The number of aromatic nitrogens is 3. The van der Waals surface area contributed by atoms with Crippen molar-refractivity contribution in [2.75, 3.05) is 5.32 Å². The number of hydrogen-bond donors (Lipinski definition) is 3. The number of rotatable bonds is 5. The van der Waals surface area contributed by atoms with Gasteiger partial charge in [0.15, 0.2) is 5.69 Å². The molecule has 3 aromatic heterocycles. The van der Waals surface area contributed by atoms with Crippen LogP contribution in [-0.4, -0.2) is 37.7 Å².